The van der Waals surface area contributed by atoms with E-state index in [4.69, 9.17) is 4.42 Å². The highest BCUT2D eigenvalue weighted by atomic mass is 19.1. The SMILES string of the molecule is CC(=O)N(C)c1ccc(F)cc1NC(=O)c1ccco1. The van der Waals surface area contributed by atoms with E-state index in [1.54, 1.807) is 6.07 Å². The molecule has 1 N–H and O–H groups in total. The van der Waals surface area contributed by atoms with Gasteiger partial charge in [-0.2, -0.15) is 0 Å². The highest BCUT2D eigenvalue weighted by Crippen LogP contribution is 2.26. The van der Waals surface area contributed by atoms with Crippen molar-refractivity contribution in [1.29, 1.82) is 0 Å². The van der Waals surface area contributed by atoms with Crippen LogP contribution in [0.15, 0.2) is 41.0 Å². The van der Waals surface area contributed by atoms with Crippen LogP contribution in [0.25, 0.3) is 0 Å². The van der Waals surface area contributed by atoms with Crippen LogP contribution in [0.4, 0.5) is 15.8 Å². The van der Waals surface area contributed by atoms with Crippen LogP contribution in [-0.2, 0) is 4.79 Å². The highest BCUT2D eigenvalue weighted by molar-refractivity contribution is 6.05. The van der Waals surface area contributed by atoms with Gasteiger partial charge in [0, 0.05) is 14.0 Å². The monoisotopic (exact) mass is 276 g/mol. The Morgan fingerprint density at radius 2 is 2.05 bits per heavy atom. The third-order valence-corrected chi connectivity index (χ3v) is 2.79. The molecule has 1 aromatic carbocycles. The van der Waals surface area contributed by atoms with Gasteiger partial charge >= 0.3 is 0 Å². The predicted molar refractivity (Wildman–Crippen MR) is 72.1 cm³/mol. The van der Waals surface area contributed by atoms with Gasteiger partial charge in [0.15, 0.2) is 5.76 Å². The lowest BCUT2D eigenvalue weighted by Crippen LogP contribution is -2.25. The Bertz CT molecular complexity index is 638. The largest absolute Gasteiger partial charge is 0.459 e. The van der Waals surface area contributed by atoms with E-state index in [0.717, 1.165) is 6.07 Å². The van der Waals surface area contributed by atoms with Crippen molar-refractivity contribution in [3.63, 3.8) is 0 Å². The minimum Gasteiger partial charge on any atom is -0.459 e. The van der Waals surface area contributed by atoms with Crippen molar-refractivity contribution in [3.8, 4) is 0 Å². The summed E-state index contributed by atoms with van der Waals surface area (Å²) in [6, 6.07) is 6.85. The van der Waals surface area contributed by atoms with Crippen molar-refractivity contribution in [2.45, 2.75) is 6.92 Å². The third-order valence-electron chi connectivity index (χ3n) is 2.79. The van der Waals surface area contributed by atoms with Crippen molar-refractivity contribution in [3.05, 3.63) is 48.2 Å². The number of hydrogen-bond acceptors (Lipinski definition) is 3. The van der Waals surface area contributed by atoms with E-state index in [0.29, 0.717) is 5.69 Å². The molecule has 0 aliphatic carbocycles. The second kappa shape index (κ2) is 5.56. The van der Waals surface area contributed by atoms with Gasteiger partial charge in [0.25, 0.3) is 5.91 Å². The maximum absolute atomic E-state index is 13.3. The molecule has 2 aromatic rings. The van der Waals surface area contributed by atoms with Crippen LogP contribution < -0.4 is 10.2 Å². The molecule has 0 saturated heterocycles. The standard InChI is InChI=1S/C14H13FN2O3/c1-9(18)17(2)12-6-5-10(15)8-11(12)16-14(19)13-4-3-7-20-13/h3-8H,1-2H3,(H,16,19). The number of amides is 2. The molecule has 6 heteroatoms. The van der Waals surface area contributed by atoms with Gasteiger partial charge in [-0.3, -0.25) is 9.59 Å². The van der Waals surface area contributed by atoms with Crippen molar-refractivity contribution >= 4 is 23.2 Å². The molecule has 0 saturated carbocycles. The summed E-state index contributed by atoms with van der Waals surface area (Å²) in [5.41, 5.74) is 0.600. The number of carbonyl (C=O) groups is 2. The van der Waals surface area contributed by atoms with Gasteiger partial charge in [-0.15, -0.1) is 0 Å². The molecule has 20 heavy (non-hydrogen) atoms. The molecule has 2 amide bonds. The maximum atomic E-state index is 13.3. The maximum Gasteiger partial charge on any atom is 0.291 e. The van der Waals surface area contributed by atoms with Crippen LogP contribution in [0.3, 0.4) is 0 Å². The zero-order chi connectivity index (χ0) is 14.7. The van der Waals surface area contributed by atoms with Crippen molar-refractivity contribution in [1.82, 2.24) is 0 Å². The summed E-state index contributed by atoms with van der Waals surface area (Å²) in [5.74, 6) is -1.16. The first-order valence-electron chi connectivity index (χ1n) is 5.87. The lowest BCUT2D eigenvalue weighted by molar-refractivity contribution is -0.116. The smallest absolute Gasteiger partial charge is 0.291 e. The fraction of sp³-hybridized carbons (Fsp3) is 0.143. The summed E-state index contributed by atoms with van der Waals surface area (Å²) in [4.78, 5) is 24.6. The summed E-state index contributed by atoms with van der Waals surface area (Å²) in [6.45, 7) is 1.38. The minimum atomic E-state index is -0.515. The van der Waals surface area contributed by atoms with Gasteiger partial charge in [0.05, 0.1) is 17.6 Å². The van der Waals surface area contributed by atoms with Crippen molar-refractivity contribution in [2.24, 2.45) is 0 Å². The van der Waals surface area contributed by atoms with E-state index in [9.17, 15) is 14.0 Å². The molecule has 0 radical (unpaired) electrons. The first-order valence-corrected chi connectivity index (χ1v) is 5.87. The lowest BCUT2D eigenvalue weighted by Gasteiger charge is -2.19. The van der Waals surface area contributed by atoms with Crippen LogP contribution in [0, 0.1) is 5.82 Å². The number of nitrogens with zero attached hydrogens (tertiary/aromatic N) is 1. The Morgan fingerprint density at radius 1 is 1.30 bits per heavy atom. The van der Waals surface area contributed by atoms with Crippen LogP contribution in [-0.4, -0.2) is 18.9 Å². The Balaban J connectivity index is 2.32. The van der Waals surface area contributed by atoms with E-state index in [-0.39, 0.29) is 17.4 Å². The van der Waals surface area contributed by atoms with Crippen LogP contribution in [0.2, 0.25) is 0 Å². The number of rotatable bonds is 3. The van der Waals surface area contributed by atoms with E-state index >= 15 is 0 Å². The molecule has 0 spiro atoms. The molecule has 0 aliphatic heterocycles. The minimum absolute atomic E-state index is 0.102. The van der Waals surface area contributed by atoms with Crippen molar-refractivity contribution in [2.75, 3.05) is 17.3 Å². The average molecular weight is 276 g/mol. The lowest BCUT2D eigenvalue weighted by atomic mass is 10.2. The van der Waals surface area contributed by atoms with E-state index < -0.39 is 11.7 Å². The Kier molecular flexibility index (Phi) is 3.84. The molecule has 5 nitrogen and oxygen atoms in total. The van der Waals surface area contributed by atoms with Gasteiger partial charge in [0.2, 0.25) is 5.91 Å². The van der Waals surface area contributed by atoms with Crippen LogP contribution in [0.5, 0.6) is 0 Å². The molecule has 0 unspecified atom stereocenters. The van der Waals surface area contributed by atoms with E-state index in [1.807, 2.05) is 0 Å². The molecular weight excluding hydrogens is 263 g/mol. The summed E-state index contributed by atoms with van der Waals surface area (Å²) in [5, 5.41) is 2.52. The molecule has 1 heterocycles. The van der Waals surface area contributed by atoms with E-state index in [1.165, 1.54) is 43.3 Å². The second-order valence-electron chi connectivity index (χ2n) is 4.17. The third kappa shape index (κ3) is 2.85. The Hall–Kier alpha value is -2.63. The number of hydrogen-bond donors (Lipinski definition) is 1. The summed E-state index contributed by atoms with van der Waals surface area (Å²) >= 11 is 0. The molecule has 0 atom stereocenters. The number of halogens is 1. The average Bonchev–Trinajstić information content (AvgIpc) is 2.92. The first kappa shape index (κ1) is 13.8. The molecule has 0 bridgehead atoms. The first-order chi connectivity index (χ1) is 9.49. The number of furan rings is 1. The number of anilines is 2. The van der Waals surface area contributed by atoms with Gasteiger partial charge in [-0.25, -0.2) is 4.39 Å². The molecule has 2 rings (SSSR count). The highest BCUT2D eigenvalue weighted by Gasteiger charge is 2.16. The fourth-order valence-corrected chi connectivity index (χ4v) is 1.66. The molecular formula is C14H13FN2O3. The van der Waals surface area contributed by atoms with Gasteiger partial charge in [-0.1, -0.05) is 0 Å². The van der Waals surface area contributed by atoms with Gasteiger partial charge < -0.3 is 14.6 Å². The topological polar surface area (TPSA) is 62.6 Å². The summed E-state index contributed by atoms with van der Waals surface area (Å²) in [6.07, 6.45) is 1.36. The quantitative estimate of drug-likeness (QED) is 0.937. The van der Waals surface area contributed by atoms with Gasteiger partial charge in [-0.05, 0) is 30.3 Å². The predicted octanol–water partition coefficient (Wildman–Crippen LogP) is 2.65. The van der Waals surface area contributed by atoms with Gasteiger partial charge in [0.1, 0.15) is 5.82 Å². The molecule has 0 fully saturated rings. The summed E-state index contributed by atoms with van der Waals surface area (Å²) in [7, 11) is 1.54. The summed E-state index contributed by atoms with van der Waals surface area (Å²) < 4.78 is 18.3. The molecule has 104 valence electrons. The fourth-order valence-electron chi connectivity index (χ4n) is 1.66. The van der Waals surface area contributed by atoms with Crippen LogP contribution in [0.1, 0.15) is 17.5 Å². The van der Waals surface area contributed by atoms with Crippen LogP contribution >= 0.6 is 0 Å². The zero-order valence-corrected chi connectivity index (χ0v) is 11.0. The Labute approximate surface area is 115 Å². The number of nitrogens with one attached hydrogen (secondary N) is 1. The molecule has 0 aliphatic rings. The molecule has 1 aromatic heterocycles. The second-order valence-corrected chi connectivity index (χ2v) is 4.17. The number of carbonyl (C=O) groups excluding carboxylic acids is 2. The zero-order valence-electron chi connectivity index (χ0n) is 11.0. The Morgan fingerprint density at radius 3 is 2.65 bits per heavy atom. The van der Waals surface area contributed by atoms with E-state index in [2.05, 4.69) is 5.32 Å². The number of benzene rings is 1. The normalized spacial score (nSPS) is 10.2. The van der Waals surface area contributed by atoms with Crippen molar-refractivity contribution < 1.29 is 18.4 Å².